The Morgan fingerprint density at radius 3 is 1.75 bits per heavy atom. The molecular weight excluding hydrogens is 208 g/mol. The molecule has 1 spiro atoms. The molecular formula is C12H16O4. The summed E-state index contributed by atoms with van der Waals surface area (Å²) in [6.07, 6.45) is 5.04. The summed E-state index contributed by atoms with van der Waals surface area (Å²) in [5.41, 5.74) is 0.807. The second-order valence-corrected chi connectivity index (χ2v) is 4.38. The van der Waals surface area contributed by atoms with Crippen LogP contribution >= 0.6 is 0 Å². The SMILES string of the molecule is COC(=O)C1=C(C(=O)OC)C12CCCCC2. The van der Waals surface area contributed by atoms with Crippen molar-refractivity contribution in [1.29, 1.82) is 0 Å². The number of methoxy groups -OCH3 is 2. The zero-order chi connectivity index (χ0) is 11.8. The fourth-order valence-corrected chi connectivity index (χ4v) is 2.81. The molecule has 0 N–H and O–H groups in total. The van der Waals surface area contributed by atoms with Crippen LogP contribution in [0.5, 0.6) is 0 Å². The molecule has 1 saturated carbocycles. The fraction of sp³-hybridized carbons (Fsp3) is 0.667. The van der Waals surface area contributed by atoms with Crippen LogP contribution in [0.2, 0.25) is 0 Å². The number of ether oxygens (including phenoxy) is 2. The Morgan fingerprint density at radius 1 is 0.938 bits per heavy atom. The monoisotopic (exact) mass is 224 g/mol. The predicted octanol–water partition coefficient (Wildman–Crippen LogP) is 1.59. The number of esters is 2. The lowest BCUT2D eigenvalue weighted by molar-refractivity contribution is -0.137. The minimum Gasteiger partial charge on any atom is -0.466 e. The average Bonchev–Trinajstić information content (AvgIpc) is 2.96. The van der Waals surface area contributed by atoms with Gasteiger partial charge in [0.2, 0.25) is 0 Å². The highest BCUT2D eigenvalue weighted by atomic mass is 16.5. The lowest BCUT2D eigenvalue weighted by atomic mass is 9.80. The number of hydrogen-bond acceptors (Lipinski definition) is 4. The van der Waals surface area contributed by atoms with Crippen LogP contribution < -0.4 is 0 Å². The molecule has 0 saturated heterocycles. The van der Waals surface area contributed by atoms with Gasteiger partial charge in [0.1, 0.15) is 0 Å². The molecule has 2 aliphatic rings. The average molecular weight is 224 g/mol. The van der Waals surface area contributed by atoms with E-state index in [0.29, 0.717) is 11.1 Å². The molecule has 2 aliphatic carbocycles. The topological polar surface area (TPSA) is 52.6 Å². The molecule has 88 valence electrons. The van der Waals surface area contributed by atoms with Gasteiger partial charge in [-0.25, -0.2) is 9.59 Å². The molecule has 0 atom stereocenters. The Kier molecular flexibility index (Phi) is 2.74. The number of rotatable bonds is 2. The molecule has 0 aromatic rings. The summed E-state index contributed by atoms with van der Waals surface area (Å²) < 4.78 is 9.44. The summed E-state index contributed by atoms with van der Waals surface area (Å²) in [5.74, 6) is -0.746. The third kappa shape index (κ3) is 1.44. The van der Waals surface area contributed by atoms with Crippen molar-refractivity contribution in [2.45, 2.75) is 32.1 Å². The van der Waals surface area contributed by atoms with Gasteiger partial charge in [0.25, 0.3) is 0 Å². The first kappa shape index (κ1) is 11.2. The van der Waals surface area contributed by atoms with Crippen LogP contribution in [0.15, 0.2) is 11.1 Å². The van der Waals surface area contributed by atoms with E-state index < -0.39 is 0 Å². The summed E-state index contributed by atoms with van der Waals surface area (Å²) in [5, 5.41) is 0. The van der Waals surface area contributed by atoms with E-state index in [1.54, 1.807) is 0 Å². The minimum absolute atomic E-state index is 0.307. The summed E-state index contributed by atoms with van der Waals surface area (Å²) in [6, 6.07) is 0. The first-order valence-electron chi connectivity index (χ1n) is 5.59. The third-order valence-electron chi connectivity index (χ3n) is 3.63. The van der Waals surface area contributed by atoms with Crippen LogP contribution in [0.1, 0.15) is 32.1 Å². The first-order chi connectivity index (χ1) is 7.67. The number of carbonyl (C=O) groups excluding carboxylic acids is 2. The summed E-state index contributed by atoms with van der Waals surface area (Å²) in [4.78, 5) is 23.2. The van der Waals surface area contributed by atoms with E-state index in [1.807, 2.05) is 0 Å². The zero-order valence-corrected chi connectivity index (χ0v) is 9.67. The van der Waals surface area contributed by atoms with Crippen molar-refractivity contribution in [3.63, 3.8) is 0 Å². The number of carbonyl (C=O) groups is 2. The molecule has 0 amide bonds. The maximum Gasteiger partial charge on any atom is 0.335 e. The second kappa shape index (κ2) is 3.92. The van der Waals surface area contributed by atoms with Crippen molar-refractivity contribution in [3.05, 3.63) is 11.1 Å². The molecule has 0 aliphatic heterocycles. The van der Waals surface area contributed by atoms with Gasteiger partial charge in [0.15, 0.2) is 0 Å². The van der Waals surface area contributed by atoms with Crippen molar-refractivity contribution >= 4 is 11.9 Å². The Balaban J connectivity index is 2.24. The third-order valence-corrected chi connectivity index (χ3v) is 3.63. The van der Waals surface area contributed by atoms with E-state index in [4.69, 9.17) is 9.47 Å². The van der Waals surface area contributed by atoms with E-state index >= 15 is 0 Å². The normalized spacial score (nSPS) is 21.9. The maximum absolute atomic E-state index is 11.6. The van der Waals surface area contributed by atoms with E-state index in [2.05, 4.69) is 0 Å². The van der Waals surface area contributed by atoms with Crippen LogP contribution in [0.25, 0.3) is 0 Å². The van der Waals surface area contributed by atoms with Gasteiger partial charge in [-0.3, -0.25) is 0 Å². The zero-order valence-electron chi connectivity index (χ0n) is 9.67. The smallest absolute Gasteiger partial charge is 0.335 e. The Labute approximate surface area is 94.6 Å². The van der Waals surface area contributed by atoms with Crippen LogP contribution in [-0.2, 0) is 19.1 Å². The van der Waals surface area contributed by atoms with E-state index in [-0.39, 0.29) is 17.4 Å². The first-order valence-corrected chi connectivity index (χ1v) is 5.59. The summed E-state index contributed by atoms with van der Waals surface area (Å²) in [7, 11) is 2.69. The van der Waals surface area contributed by atoms with Crippen LogP contribution in [0, 0.1) is 5.41 Å². The van der Waals surface area contributed by atoms with Gasteiger partial charge >= 0.3 is 11.9 Å². The van der Waals surface area contributed by atoms with Crippen LogP contribution in [0.3, 0.4) is 0 Å². The van der Waals surface area contributed by atoms with Gasteiger partial charge in [0.05, 0.1) is 25.4 Å². The molecule has 1 fully saturated rings. The largest absolute Gasteiger partial charge is 0.466 e. The predicted molar refractivity (Wildman–Crippen MR) is 56.6 cm³/mol. The molecule has 0 aromatic heterocycles. The molecule has 2 rings (SSSR count). The Bertz CT molecular complexity index is 333. The maximum atomic E-state index is 11.6. The highest BCUT2D eigenvalue weighted by Crippen LogP contribution is 2.61. The lowest BCUT2D eigenvalue weighted by Gasteiger charge is -2.23. The molecule has 0 radical (unpaired) electrons. The molecule has 0 heterocycles. The van der Waals surface area contributed by atoms with Gasteiger partial charge in [-0.2, -0.15) is 0 Å². The van der Waals surface area contributed by atoms with Crippen LogP contribution in [0.4, 0.5) is 0 Å². The van der Waals surface area contributed by atoms with Crippen molar-refractivity contribution in [2.75, 3.05) is 14.2 Å². The van der Waals surface area contributed by atoms with Crippen LogP contribution in [-0.4, -0.2) is 26.2 Å². The van der Waals surface area contributed by atoms with Crippen molar-refractivity contribution in [1.82, 2.24) is 0 Å². The second-order valence-electron chi connectivity index (χ2n) is 4.38. The Morgan fingerprint density at radius 2 is 1.38 bits per heavy atom. The Hall–Kier alpha value is -1.32. The van der Waals surface area contributed by atoms with E-state index in [9.17, 15) is 9.59 Å². The van der Waals surface area contributed by atoms with Gasteiger partial charge < -0.3 is 9.47 Å². The minimum atomic E-state index is -0.373. The van der Waals surface area contributed by atoms with E-state index in [1.165, 1.54) is 20.6 Å². The molecule has 0 unspecified atom stereocenters. The molecule has 0 bridgehead atoms. The highest BCUT2D eigenvalue weighted by molar-refractivity contribution is 6.11. The fourth-order valence-electron chi connectivity index (χ4n) is 2.81. The van der Waals surface area contributed by atoms with Gasteiger partial charge in [-0.15, -0.1) is 0 Å². The standard InChI is InChI=1S/C12H16O4/c1-15-10(13)8-9(11(14)16-2)12(8)6-4-3-5-7-12/h3-7H2,1-2H3. The number of hydrogen-bond donors (Lipinski definition) is 0. The van der Waals surface area contributed by atoms with Gasteiger partial charge in [-0.05, 0) is 12.8 Å². The molecule has 0 aromatic carbocycles. The molecule has 16 heavy (non-hydrogen) atoms. The quantitative estimate of drug-likeness (QED) is 0.668. The summed E-state index contributed by atoms with van der Waals surface area (Å²) >= 11 is 0. The highest BCUT2D eigenvalue weighted by Gasteiger charge is 2.60. The van der Waals surface area contributed by atoms with E-state index in [0.717, 1.165) is 25.7 Å². The lowest BCUT2D eigenvalue weighted by Crippen LogP contribution is -2.18. The van der Waals surface area contributed by atoms with Gasteiger partial charge in [-0.1, -0.05) is 19.3 Å². The van der Waals surface area contributed by atoms with Crippen molar-refractivity contribution in [3.8, 4) is 0 Å². The summed E-state index contributed by atoms with van der Waals surface area (Å²) in [6.45, 7) is 0. The molecule has 4 heteroatoms. The van der Waals surface area contributed by atoms with Crippen molar-refractivity contribution < 1.29 is 19.1 Å². The van der Waals surface area contributed by atoms with Gasteiger partial charge in [0, 0.05) is 5.41 Å². The molecule has 4 nitrogen and oxygen atoms in total. The van der Waals surface area contributed by atoms with Crippen molar-refractivity contribution in [2.24, 2.45) is 5.41 Å².